The number of aromatic nitrogens is 1. The van der Waals surface area contributed by atoms with Crippen molar-refractivity contribution in [2.75, 3.05) is 36.4 Å². The molecule has 3 aromatic rings. The van der Waals surface area contributed by atoms with Crippen LogP contribution in [-0.2, 0) is 14.5 Å². The fourth-order valence-corrected chi connectivity index (χ4v) is 5.61. The number of hydroxylamine groups is 2. The van der Waals surface area contributed by atoms with Crippen LogP contribution >= 0.6 is 11.6 Å². The van der Waals surface area contributed by atoms with Gasteiger partial charge in [-0.2, -0.15) is 0 Å². The number of amidine groups is 1. The number of halogens is 1. The topological polar surface area (TPSA) is 109 Å². The maximum Gasteiger partial charge on any atom is 0.436 e. The third kappa shape index (κ3) is 5.91. The predicted molar refractivity (Wildman–Crippen MR) is 157 cm³/mol. The van der Waals surface area contributed by atoms with Gasteiger partial charge in [0, 0.05) is 50.9 Å². The average Bonchev–Trinajstić information content (AvgIpc) is 3.35. The molecule has 2 fully saturated rings. The van der Waals surface area contributed by atoms with Crippen molar-refractivity contribution in [3.8, 4) is 11.5 Å². The second-order valence-electron chi connectivity index (χ2n) is 10.3. The Morgan fingerprint density at radius 3 is 2.31 bits per heavy atom. The summed E-state index contributed by atoms with van der Waals surface area (Å²) in [5.74, 6) is 1.63. The van der Waals surface area contributed by atoms with E-state index in [1.54, 1.807) is 47.5 Å². The zero-order valence-electron chi connectivity index (χ0n) is 22.9. The number of pyridine rings is 1. The molecule has 1 saturated carbocycles. The minimum absolute atomic E-state index is 0.0389. The van der Waals surface area contributed by atoms with Gasteiger partial charge in [0.25, 0.3) is 11.7 Å². The molecule has 1 spiro atoms. The van der Waals surface area contributed by atoms with Gasteiger partial charge in [0.1, 0.15) is 17.3 Å². The smallest absolute Gasteiger partial charge is 0.436 e. The van der Waals surface area contributed by atoms with Crippen LogP contribution in [-0.4, -0.2) is 64.7 Å². The van der Waals surface area contributed by atoms with Crippen molar-refractivity contribution in [2.45, 2.75) is 37.8 Å². The number of nitrogens with one attached hydrogen (secondary N) is 1. The Kier molecular flexibility index (Phi) is 8.00. The summed E-state index contributed by atoms with van der Waals surface area (Å²) >= 11 is 6.32. The molecule has 1 N–H and O–H groups in total. The number of carbonyl (C=O) groups excluding carboxylic acids is 2. The molecule has 2 amide bonds. The number of rotatable bonds is 6. The largest absolute Gasteiger partial charge is 0.457 e. The fourth-order valence-electron chi connectivity index (χ4n) is 5.37. The standard InChI is InChI=1S/C30H31ClN6O5/c31-25-10-7-17-32-26(25)35-18-20-36(21-19-35)28(38)27-34-42-30(15-5-2-6-16-30)37(27)41-29(39)33-22-11-13-24(14-12-22)40-23-8-3-1-4-9-23/h1,3-4,7-14,17H,2,5-6,15-16,18-21H2,(H,33,39). The molecule has 0 atom stereocenters. The molecule has 11 nitrogen and oxygen atoms in total. The van der Waals surface area contributed by atoms with E-state index in [4.69, 9.17) is 26.0 Å². The van der Waals surface area contributed by atoms with Crippen molar-refractivity contribution >= 4 is 40.9 Å². The zero-order chi connectivity index (χ0) is 28.9. The Bertz CT molecular complexity index is 1440. The Morgan fingerprint density at radius 2 is 1.60 bits per heavy atom. The molecule has 6 rings (SSSR count). The van der Waals surface area contributed by atoms with Crippen molar-refractivity contribution in [2.24, 2.45) is 5.16 Å². The molecule has 42 heavy (non-hydrogen) atoms. The average molecular weight is 591 g/mol. The number of nitrogens with zero attached hydrogens (tertiary/aromatic N) is 5. The first-order valence-electron chi connectivity index (χ1n) is 14.0. The summed E-state index contributed by atoms with van der Waals surface area (Å²) in [4.78, 5) is 46.5. The van der Waals surface area contributed by atoms with Crippen molar-refractivity contribution in [3.63, 3.8) is 0 Å². The summed E-state index contributed by atoms with van der Waals surface area (Å²) in [6, 6.07) is 19.9. The summed E-state index contributed by atoms with van der Waals surface area (Å²) in [6.07, 6.45) is 4.87. The van der Waals surface area contributed by atoms with Crippen LogP contribution in [0, 0.1) is 0 Å². The molecule has 3 aliphatic rings. The molecule has 1 saturated heterocycles. The van der Waals surface area contributed by atoms with Gasteiger partial charge in [0.05, 0.1) is 5.02 Å². The SMILES string of the molecule is O=C(Nc1ccc(Oc2ccccc2)cc1)ON1C(C(=O)N2CCN(c3ncccc3Cl)CC2)=NOC12CCCCC2. The number of carbonyl (C=O) groups is 2. The lowest BCUT2D eigenvalue weighted by Gasteiger charge is -2.39. The van der Waals surface area contributed by atoms with Gasteiger partial charge in [0.15, 0.2) is 0 Å². The van der Waals surface area contributed by atoms with Crippen LogP contribution in [0.2, 0.25) is 5.02 Å². The number of oxime groups is 1. The van der Waals surface area contributed by atoms with Gasteiger partial charge < -0.3 is 24.2 Å². The number of benzene rings is 2. The third-order valence-electron chi connectivity index (χ3n) is 7.55. The van der Waals surface area contributed by atoms with E-state index < -0.39 is 11.8 Å². The highest BCUT2D eigenvalue weighted by Crippen LogP contribution is 2.39. The first kappa shape index (κ1) is 27.6. The molecule has 1 aromatic heterocycles. The first-order chi connectivity index (χ1) is 20.5. The zero-order valence-corrected chi connectivity index (χ0v) is 23.7. The minimum Gasteiger partial charge on any atom is -0.457 e. The van der Waals surface area contributed by atoms with Gasteiger partial charge in [-0.25, -0.2) is 9.78 Å². The lowest BCUT2D eigenvalue weighted by Crippen LogP contribution is -2.57. The Balaban J connectivity index is 1.11. The predicted octanol–water partition coefficient (Wildman–Crippen LogP) is 5.65. The van der Waals surface area contributed by atoms with E-state index in [0.717, 1.165) is 19.3 Å². The number of hydrogen-bond acceptors (Lipinski definition) is 9. The molecule has 2 aromatic carbocycles. The normalized spacial score (nSPS) is 17.8. The van der Waals surface area contributed by atoms with Gasteiger partial charge in [-0.3, -0.25) is 10.1 Å². The number of piperazine rings is 1. The molecule has 218 valence electrons. The van der Waals surface area contributed by atoms with E-state index in [0.29, 0.717) is 67.0 Å². The number of anilines is 2. The van der Waals surface area contributed by atoms with Gasteiger partial charge >= 0.3 is 6.09 Å². The quantitative estimate of drug-likeness (QED) is 0.393. The van der Waals surface area contributed by atoms with E-state index >= 15 is 0 Å². The summed E-state index contributed by atoms with van der Waals surface area (Å²) in [6.45, 7) is 1.95. The third-order valence-corrected chi connectivity index (χ3v) is 7.84. The van der Waals surface area contributed by atoms with Gasteiger partial charge in [-0.15, -0.1) is 5.06 Å². The van der Waals surface area contributed by atoms with E-state index in [9.17, 15) is 9.59 Å². The lowest BCUT2D eigenvalue weighted by atomic mass is 9.91. The number of para-hydroxylation sites is 1. The van der Waals surface area contributed by atoms with Gasteiger partial charge in [-0.1, -0.05) is 41.4 Å². The molecular weight excluding hydrogens is 560 g/mol. The highest BCUT2D eigenvalue weighted by Gasteiger charge is 2.52. The van der Waals surface area contributed by atoms with Crippen LogP contribution in [0.1, 0.15) is 32.1 Å². The van der Waals surface area contributed by atoms with Crippen LogP contribution in [0.5, 0.6) is 11.5 Å². The summed E-state index contributed by atoms with van der Waals surface area (Å²) in [5, 5.41) is 8.73. The second kappa shape index (κ2) is 12.2. The summed E-state index contributed by atoms with van der Waals surface area (Å²) in [5.41, 5.74) is -0.496. The Morgan fingerprint density at radius 1 is 0.881 bits per heavy atom. The van der Waals surface area contributed by atoms with E-state index in [-0.39, 0.29) is 11.7 Å². The van der Waals surface area contributed by atoms with Crippen LogP contribution < -0.4 is 15.0 Å². The highest BCUT2D eigenvalue weighted by atomic mass is 35.5. The molecule has 0 radical (unpaired) electrons. The molecule has 1 aliphatic carbocycles. The summed E-state index contributed by atoms with van der Waals surface area (Å²) in [7, 11) is 0. The minimum atomic E-state index is -1.00. The van der Waals surface area contributed by atoms with Gasteiger partial charge in [-0.05, 0) is 61.4 Å². The van der Waals surface area contributed by atoms with E-state index in [1.807, 2.05) is 35.2 Å². The monoisotopic (exact) mass is 590 g/mol. The van der Waals surface area contributed by atoms with Crippen molar-refractivity contribution in [3.05, 3.63) is 77.9 Å². The maximum absolute atomic E-state index is 13.7. The fraction of sp³-hybridized carbons (Fsp3) is 0.333. The highest BCUT2D eigenvalue weighted by molar-refractivity contribution is 6.37. The van der Waals surface area contributed by atoms with Crippen LogP contribution in [0.4, 0.5) is 16.3 Å². The first-order valence-corrected chi connectivity index (χ1v) is 14.4. The molecule has 2 aliphatic heterocycles. The van der Waals surface area contributed by atoms with Crippen molar-refractivity contribution in [1.82, 2.24) is 14.9 Å². The molecular formula is C30H31ClN6O5. The van der Waals surface area contributed by atoms with Crippen molar-refractivity contribution in [1.29, 1.82) is 0 Å². The Hall–Kier alpha value is -4.51. The van der Waals surface area contributed by atoms with E-state index in [1.165, 1.54) is 5.06 Å². The number of ether oxygens (including phenoxy) is 1. The summed E-state index contributed by atoms with van der Waals surface area (Å²) < 4.78 is 5.82. The molecule has 0 unspecified atom stereocenters. The Labute approximate surface area is 248 Å². The number of amides is 2. The van der Waals surface area contributed by atoms with Crippen LogP contribution in [0.25, 0.3) is 0 Å². The molecule has 3 heterocycles. The van der Waals surface area contributed by atoms with Crippen LogP contribution in [0.15, 0.2) is 78.1 Å². The van der Waals surface area contributed by atoms with Gasteiger partial charge in [0.2, 0.25) is 5.72 Å². The number of hydrogen-bond donors (Lipinski definition) is 1. The molecule has 0 bridgehead atoms. The lowest BCUT2D eigenvalue weighted by molar-refractivity contribution is -0.225. The maximum atomic E-state index is 13.7. The van der Waals surface area contributed by atoms with E-state index in [2.05, 4.69) is 15.5 Å². The molecule has 12 heteroatoms. The van der Waals surface area contributed by atoms with Crippen molar-refractivity contribution < 1.29 is 24.0 Å². The van der Waals surface area contributed by atoms with Crippen LogP contribution in [0.3, 0.4) is 0 Å². The second-order valence-corrected chi connectivity index (χ2v) is 10.7.